The van der Waals surface area contributed by atoms with Crippen molar-refractivity contribution in [2.75, 3.05) is 19.8 Å². The van der Waals surface area contributed by atoms with Gasteiger partial charge in [-0.1, -0.05) is 333 Å². The standard InChI is InChI=1S/C96H87N3O6/c1-4-7-10-25-64-100-103-76-58-52-73(53-59-76)94(85-34-19-13-28-79(85)80-29-14-20-35-86(80)94)70-46-40-67(41-47-70)91-97-92(68-42-48-71(49-43-68)95(74-54-60-77(61-55-74)104-101-65-26-11-8-5-2)87-36-21-15-30-81(87)82-31-16-22-37-88(82)95)99-93(98-91)69-44-50-72(51-45-69)96(75-56-62-78(63-57-75)105-102-66-27-12-9-6-3)89-38-23-17-32-83(89)84-33-18-24-39-90(84)96/h13-24,28-63H,4-12,25-27,64-66H2,1-3H3. The Morgan fingerprint density at radius 2 is 0.419 bits per heavy atom. The summed E-state index contributed by atoms with van der Waals surface area (Å²) in [5.41, 5.74) is 21.7. The van der Waals surface area contributed by atoms with E-state index in [1.54, 1.807) is 0 Å². The minimum Gasteiger partial charge on any atom is -0.338 e. The van der Waals surface area contributed by atoms with Crippen LogP contribution in [-0.4, -0.2) is 34.8 Å². The van der Waals surface area contributed by atoms with Gasteiger partial charge in [-0.25, -0.2) is 15.0 Å². The SMILES string of the molecule is CCCCCCOOc1ccc(C2(c3ccc(-c4nc(-c5ccc(C6(c7ccc(OOCCCCCC)cc7)c7ccccc7-c7ccccc76)cc5)nc(-c5ccc(C6(c7ccc(OOCCCCCC)cc7)c7ccccc7-c7ccccc76)cc5)n4)cc3)c3ccccc3-c3ccccc32)cc1. The molecule has 1 heterocycles. The zero-order chi connectivity index (χ0) is 71.0. The highest BCUT2D eigenvalue weighted by Gasteiger charge is 2.49. The number of benzene rings is 12. The van der Waals surface area contributed by atoms with E-state index in [0.29, 0.717) is 54.5 Å². The molecule has 105 heavy (non-hydrogen) atoms. The van der Waals surface area contributed by atoms with Crippen molar-refractivity contribution in [1.29, 1.82) is 0 Å². The average Bonchev–Trinajstić information content (AvgIpc) is 1.58. The Bertz CT molecular complexity index is 4490. The summed E-state index contributed by atoms with van der Waals surface area (Å²) >= 11 is 0. The van der Waals surface area contributed by atoms with Crippen LogP contribution >= 0.6 is 0 Å². The minimum absolute atomic E-state index is 0.545. The van der Waals surface area contributed by atoms with E-state index in [9.17, 15) is 0 Å². The summed E-state index contributed by atoms with van der Waals surface area (Å²) in [6.45, 7) is 8.28. The van der Waals surface area contributed by atoms with Gasteiger partial charge in [0.15, 0.2) is 34.7 Å². The first-order valence-electron chi connectivity index (χ1n) is 37.8. The Hall–Kier alpha value is -11.1. The summed E-state index contributed by atoms with van der Waals surface area (Å²) in [7, 11) is 0. The maximum Gasteiger partial charge on any atom is 0.165 e. The summed E-state index contributed by atoms with van der Waals surface area (Å²) in [6, 6.07) is 105. The quantitative estimate of drug-likeness (QED) is 0.0248. The Morgan fingerprint density at radius 3 is 0.629 bits per heavy atom. The lowest BCUT2D eigenvalue weighted by Gasteiger charge is -2.34. The molecule has 12 aromatic carbocycles. The molecule has 0 radical (unpaired) electrons. The molecule has 0 spiro atoms. The summed E-state index contributed by atoms with van der Waals surface area (Å²) in [4.78, 5) is 51.4. The molecule has 0 bridgehead atoms. The van der Waals surface area contributed by atoms with Crippen LogP contribution in [0.2, 0.25) is 0 Å². The molecule has 9 nitrogen and oxygen atoms in total. The topological polar surface area (TPSA) is 94.1 Å². The lowest BCUT2D eigenvalue weighted by Crippen LogP contribution is -2.28. The van der Waals surface area contributed by atoms with Crippen molar-refractivity contribution >= 4 is 0 Å². The third-order valence-corrected chi connectivity index (χ3v) is 21.8. The summed E-state index contributed by atoms with van der Waals surface area (Å²) in [5, 5.41) is 0. The molecule has 0 saturated carbocycles. The molecule has 0 unspecified atom stereocenters. The maximum atomic E-state index is 5.90. The van der Waals surface area contributed by atoms with Crippen molar-refractivity contribution in [3.63, 3.8) is 0 Å². The smallest absolute Gasteiger partial charge is 0.165 e. The van der Waals surface area contributed by atoms with Crippen LogP contribution in [0, 0.1) is 0 Å². The van der Waals surface area contributed by atoms with Crippen LogP contribution in [0.5, 0.6) is 17.2 Å². The first kappa shape index (κ1) is 68.4. The first-order valence-corrected chi connectivity index (χ1v) is 37.8. The lowest BCUT2D eigenvalue weighted by atomic mass is 9.67. The minimum atomic E-state index is -0.671. The molecule has 1 aromatic heterocycles. The van der Waals surface area contributed by atoms with E-state index in [1.165, 1.54) is 105 Å². The van der Waals surface area contributed by atoms with E-state index in [2.05, 4.69) is 276 Å². The lowest BCUT2D eigenvalue weighted by molar-refractivity contribution is -0.207. The average molecular weight is 1380 g/mol. The molecule has 0 saturated heterocycles. The van der Waals surface area contributed by atoms with E-state index in [0.717, 1.165) is 88.6 Å². The van der Waals surface area contributed by atoms with Gasteiger partial charge in [0, 0.05) is 16.7 Å². The van der Waals surface area contributed by atoms with E-state index >= 15 is 0 Å². The van der Waals surface area contributed by atoms with Crippen molar-refractivity contribution in [2.24, 2.45) is 0 Å². The third kappa shape index (κ3) is 12.6. The summed E-state index contributed by atoms with van der Waals surface area (Å²) in [6.07, 6.45) is 13.3. The number of hydrogen-bond donors (Lipinski definition) is 0. The molecule has 0 amide bonds. The van der Waals surface area contributed by atoms with Crippen molar-refractivity contribution in [3.8, 4) is 84.8 Å². The van der Waals surface area contributed by atoms with Crippen molar-refractivity contribution in [1.82, 2.24) is 15.0 Å². The zero-order valence-corrected chi connectivity index (χ0v) is 60.1. The Morgan fingerprint density at radius 1 is 0.219 bits per heavy atom. The predicted molar refractivity (Wildman–Crippen MR) is 420 cm³/mol. The summed E-state index contributed by atoms with van der Waals surface area (Å²) in [5.74, 6) is 3.65. The van der Waals surface area contributed by atoms with E-state index in [1.807, 2.05) is 36.4 Å². The van der Waals surface area contributed by atoms with Gasteiger partial charge in [-0.2, -0.15) is 14.7 Å². The van der Waals surface area contributed by atoms with Crippen molar-refractivity contribution in [2.45, 2.75) is 114 Å². The fraction of sp³-hybridized carbons (Fsp3) is 0.219. The van der Waals surface area contributed by atoms with Gasteiger partial charge in [-0.05, 0) is 156 Å². The molecular formula is C96H87N3O6. The van der Waals surface area contributed by atoms with Gasteiger partial charge in [0.1, 0.15) is 0 Å². The van der Waals surface area contributed by atoms with Gasteiger partial charge in [0.25, 0.3) is 0 Å². The Balaban J connectivity index is 0.808. The molecule has 13 aromatic rings. The van der Waals surface area contributed by atoms with Crippen LogP contribution in [0.25, 0.3) is 67.5 Å². The molecule has 522 valence electrons. The second-order valence-corrected chi connectivity index (χ2v) is 28.0. The second-order valence-electron chi connectivity index (χ2n) is 28.0. The van der Waals surface area contributed by atoms with E-state index in [-0.39, 0.29) is 0 Å². The number of fused-ring (bicyclic) bond motifs is 9. The van der Waals surface area contributed by atoms with Crippen LogP contribution < -0.4 is 14.7 Å². The molecule has 0 fully saturated rings. The normalized spacial score (nSPS) is 13.6. The van der Waals surface area contributed by atoms with Crippen LogP contribution in [0.4, 0.5) is 0 Å². The van der Waals surface area contributed by atoms with Crippen LogP contribution in [0.1, 0.15) is 165 Å². The van der Waals surface area contributed by atoms with Crippen molar-refractivity contribution < 1.29 is 29.3 Å². The molecule has 3 aliphatic rings. The van der Waals surface area contributed by atoms with Gasteiger partial charge >= 0.3 is 0 Å². The molecule has 3 aliphatic carbocycles. The molecule has 0 N–H and O–H groups in total. The zero-order valence-electron chi connectivity index (χ0n) is 60.1. The predicted octanol–water partition coefficient (Wildman–Crippen LogP) is 23.6. The summed E-state index contributed by atoms with van der Waals surface area (Å²) < 4.78 is 0. The molecule has 16 rings (SSSR count). The fourth-order valence-corrected chi connectivity index (χ4v) is 16.8. The largest absolute Gasteiger partial charge is 0.338 e. The molecular weight excluding hydrogens is 1290 g/mol. The van der Waals surface area contributed by atoms with Crippen LogP contribution in [-0.2, 0) is 30.9 Å². The number of rotatable bonds is 30. The number of aromatic nitrogens is 3. The van der Waals surface area contributed by atoms with Gasteiger partial charge in [0.2, 0.25) is 0 Å². The Labute approximate surface area is 617 Å². The molecule has 0 atom stereocenters. The number of hydrogen-bond acceptors (Lipinski definition) is 9. The van der Waals surface area contributed by atoms with Crippen LogP contribution in [0.15, 0.2) is 291 Å². The van der Waals surface area contributed by atoms with Gasteiger partial charge in [-0.3, -0.25) is 0 Å². The first-order chi connectivity index (χ1) is 52.0. The van der Waals surface area contributed by atoms with Gasteiger partial charge in [0.05, 0.1) is 36.1 Å². The van der Waals surface area contributed by atoms with Crippen LogP contribution in [0.3, 0.4) is 0 Å². The molecule has 9 heteroatoms. The molecule has 0 aliphatic heterocycles. The number of unbranched alkanes of at least 4 members (excludes halogenated alkanes) is 9. The fourth-order valence-electron chi connectivity index (χ4n) is 16.8. The number of nitrogens with zero attached hydrogens (tertiary/aromatic N) is 3. The van der Waals surface area contributed by atoms with Gasteiger partial charge < -0.3 is 14.7 Å². The Kier molecular flexibility index (Phi) is 20.0. The second kappa shape index (κ2) is 30.7. The monoisotopic (exact) mass is 1380 g/mol. The highest BCUT2D eigenvalue weighted by molar-refractivity contribution is 5.89. The maximum absolute atomic E-state index is 5.90. The van der Waals surface area contributed by atoms with E-state index in [4.69, 9.17) is 44.3 Å². The highest BCUT2D eigenvalue weighted by Crippen LogP contribution is 2.60. The van der Waals surface area contributed by atoms with Gasteiger partial charge in [-0.15, -0.1) is 0 Å². The van der Waals surface area contributed by atoms with E-state index < -0.39 is 16.2 Å². The third-order valence-electron chi connectivity index (χ3n) is 21.8. The highest BCUT2D eigenvalue weighted by atomic mass is 17.2. The van der Waals surface area contributed by atoms with Crippen molar-refractivity contribution in [3.05, 3.63) is 358 Å².